The molecular weight excluding hydrogens is 170 g/mol. The van der Waals surface area contributed by atoms with Gasteiger partial charge in [0, 0.05) is 12.0 Å². The zero-order chi connectivity index (χ0) is 9.97. The first-order chi connectivity index (χ1) is 6.79. The molecule has 0 fully saturated rings. The summed E-state index contributed by atoms with van der Waals surface area (Å²) in [4.78, 5) is 0. The molecule has 0 heterocycles. The number of nitrogens with two attached hydrogens (primary N) is 1. The fourth-order valence-electron chi connectivity index (χ4n) is 2.15. The Balaban J connectivity index is 2.23. The van der Waals surface area contributed by atoms with E-state index in [2.05, 4.69) is 49.4 Å². The summed E-state index contributed by atoms with van der Waals surface area (Å²) in [5, 5.41) is 0. The number of hydrogen-bond acceptors (Lipinski definition) is 1. The monoisotopic (exact) mass is 187 g/mol. The Labute approximate surface area is 85.6 Å². The molecule has 1 aliphatic carbocycles. The quantitative estimate of drug-likeness (QED) is 0.672. The number of hydrogen-bond donors (Lipinski definition) is 1. The number of rotatable bonds is 1. The summed E-state index contributed by atoms with van der Waals surface area (Å²) in [7, 11) is 0. The Bertz CT molecular complexity index is 315. The highest BCUT2D eigenvalue weighted by atomic mass is 14.7. The maximum absolute atomic E-state index is 6.20. The number of allylic oxidation sites excluding steroid dienone is 1. The van der Waals surface area contributed by atoms with Gasteiger partial charge in [-0.15, -0.1) is 0 Å². The molecule has 0 radical (unpaired) electrons. The van der Waals surface area contributed by atoms with Gasteiger partial charge in [-0.05, 0) is 17.9 Å². The van der Waals surface area contributed by atoms with Gasteiger partial charge in [0.2, 0.25) is 0 Å². The van der Waals surface area contributed by atoms with E-state index in [1.54, 1.807) is 0 Å². The lowest BCUT2D eigenvalue weighted by atomic mass is 9.79. The Morgan fingerprint density at radius 3 is 2.64 bits per heavy atom. The predicted octanol–water partition coefficient (Wildman–Crippen LogP) is 2.69. The summed E-state index contributed by atoms with van der Waals surface area (Å²) >= 11 is 0. The molecule has 0 aromatic heterocycles. The van der Waals surface area contributed by atoms with Crippen LogP contribution in [0.1, 0.15) is 24.8 Å². The second-order valence-corrected chi connectivity index (χ2v) is 4.12. The van der Waals surface area contributed by atoms with Crippen molar-refractivity contribution in [2.75, 3.05) is 0 Å². The van der Waals surface area contributed by atoms with Crippen molar-refractivity contribution in [1.29, 1.82) is 0 Å². The van der Waals surface area contributed by atoms with Crippen LogP contribution in [0.4, 0.5) is 0 Å². The largest absolute Gasteiger partial charge is 0.327 e. The van der Waals surface area contributed by atoms with Gasteiger partial charge in [0.05, 0.1) is 0 Å². The van der Waals surface area contributed by atoms with E-state index in [9.17, 15) is 0 Å². The van der Waals surface area contributed by atoms with E-state index in [1.807, 2.05) is 0 Å². The van der Waals surface area contributed by atoms with Gasteiger partial charge in [0.1, 0.15) is 0 Å². The van der Waals surface area contributed by atoms with Crippen LogP contribution in [0.5, 0.6) is 0 Å². The topological polar surface area (TPSA) is 26.0 Å². The summed E-state index contributed by atoms with van der Waals surface area (Å²) in [5.41, 5.74) is 7.57. The highest BCUT2D eigenvalue weighted by Crippen LogP contribution is 2.30. The van der Waals surface area contributed by atoms with E-state index < -0.39 is 0 Å². The average molecular weight is 187 g/mol. The zero-order valence-electron chi connectivity index (χ0n) is 8.56. The summed E-state index contributed by atoms with van der Waals surface area (Å²) in [6, 6.07) is 10.8. The summed E-state index contributed by atoms with van der Waals surface area (Å²) in [5.74, 6) is 0.991. The van der Waals surface area contributed by atoms with Crippen molar-refractivity contribution in [3.05, 3.63) is 48.0 Å². The van der Waals surface area contributed by atoms with Gasteiger partial charge < -0.3 is 5.73 Å². The van der Waals surface area contributed by atoms with E-state index >= 15 is 0 Å². The minimum atomic E-state index is 0.266. The molecule has 0 bridgehead atoms. The zero-order valence-corrected chi connectivity index (χ0v) is 8.56. The van der Waals surface area contributed by atoms with E-state index in [0.29, 0.717) is 11.8 Å². The lowest BCUT2D eigenvalue weighted by molar-refractivity contribution is 0.429. The fourth-order valence-corrected chi connectivity index (χ4v) is 2.15. The summed E-state index contributed by atoms with van der Waals surface area (Å²) in [6.45, 7) is 2.19. The van der Waals surface area contributed by atoms with Crippen LogP contribution in [-0.4, -0.2) is 6.04 Å². The SMILES string of the molecule is CC1C=CCC(c2ccccc2)C1N. The third-order valence-corrected chi connectivity index (χ3v) is 3.13. The van der Waals surface area contributed by atoms with Crippen molar-refractivity contribution in [3.8, 4) is 0 Å². The number of benzene rings is 1. The summed E-state index contributed by atoms with van der Waals surface area (Å²) < 4.78 is 0. The molecule has 14 heavy (non-hydrogen) atoms. The molecule has 1 aromatic carbocycles. The van der Waals surface area contributed by atoms with Crippen molar-refractivity contribution < 1.29 is 0 Å². The molecular formula is C13H17N. The molecule has 1 aliphatic rings. The predicted molar refractivity (Wildman–Crippen MR) is 60.1 cm³/mol. The highest BCUT2D eigenvalue weighted by Gasteiger charge is 2.25. The van der Waals surface area contributed by atoms with Crippen molar-refractivity contribution in [2.24, 2.45) is 11.7 Å². The smallest absolute Gasteiger partial charge is 0.0171 e. The first-order valence-electron chi connectivity index (χ1n) is 5.26. The van der Waals surface area contributed by atoms with Crippen LogP contribution in [0.15, 0.2) is 42.5 Å². The van der Waals surface area contributed by atoms with E-state index in [4.69, 9.17) is 5.73 Å². The van der Waals surface area contributed by atoms with E-state index in [-0.39, 0.29) is 6.04 Å². The Morgan fingerprint density at radius 2 is 1.93 bits per heavy atom. The highest BCUT2D eigenvalue weighted by molar-refractivity contribution is 5.24. The summed E-state index contributed by atoms with van der Waals surface area (Å²) in [6.07, 6.45) is 5.56. The van der Waals surface area contributed by atoms with Gasteiger partial charge in [0.15, 0.2) is 0 Å². The van der Waals surface area contributed by atoms with Crippen LogP contribution in [-0.2, 0) is 0 Å². The molecule has 2 rings (SSSR count). The lowest BCUT2D eigenvalue weighted by Gasteiger charge is -2.30. The minimum absolute atomic E-state index is 0.266. The van der Waals surface area contributed by atoms with Crippen LogP contribution < -0.4 is 5.73 Å². The molecule has 74 valence electrons. The first kappa shape index (κ1) is 9.47. The Kier molecular flexibility index (Phi) is 2.69. The second kappa shape index (κ2) is 3.97. The molecule has 0 amide bonds. The van der Waals surface area contributed by atoms with Crippen LogP contribution in [0.25, 0.3) is 0 Å². The van der Waals surface area contributed by atoms with E-state index in [1.165, 1.54) is 5.56 Å². The van der Waals surface area contributed by atoms with Gasteiger partial charge in [-0.2, -0.15) is 0 Å². The normalized spacial score (nSPS) is 31.7. The third kappa shape index (κ3) is 1.73. The average Bonchev–Trinajstić information content (AvgIpc) is 2.23. The van der Waals surface area contributed by atoms with Crippen LogP contribution in [0.3, 0.4) is 0 Å². The van der Waals surface area contributed by atoms with Gasteiger partial charge in [0.25, 0.3) is 0 Å². The molecule has 0 aliphatic heterocycles. The van der Waals surface area contributed by atoms with Gasteiger partial charge in [-0.1, -0.05) is 49.4 Å². The second-order valence-electron chi connectivity index (χ2n) is 4.12. The van der Waals surface area contributed by atoms with Gasteiger partial charge >= 0.3 is 0 Å². The fraction of sp³-hybridized carbons (Fsp3) is 0.385. The molecule has 0 saturated carbocycles. The van der Waals surface area contributed by atoms with Crippen molar-refractivity contribution in [3.63, 3.8) is 0 Å². The Hall–Kier alpha value is -1.08. The van der Waals surface area contributed by atoms with Crippen molar-refractivity contribution in [2.45, 2.75) is 25.3 Å². The maximum Gasteiger partial charge on any atom is 0.0171 e. The molecule has 3 atom stereocenters. The van der Waals surface area contributed by atoms with Crippen LogP contribution >= 0.6 is 0 Å². The van der Waals surface area contributed by atoms with Crippen molar-refractivity contribution in [1.82, 2.24) is 0 Å². The molecule has 2 N–H and O–H groups in total. The third-order valence-electron chi connectivity index (χ3n) is 3.13. The molecule has 1 heteroatoms. The van der Waals surface area contributed by atoms with E-state index in [0.717, 1.165) is 6.42 Å². The lowest BCUT2D eigenvalue weighted by Crippen LogP contribution is -2.35. The molecule has 3 unspecified atom stereocenters. The molecule has 0 saturated heterocycles. The Morgan fingerprint density at radius 1 is 1.21 bits per heavy atom. The first-order valence-corrected chi connectivity index (χ1v) is 5.26. The van der Waals surface area contributed by atoms with Crippen molar-refractivity contribution >= 4 is 0 Å². The standard InChI is InChI=1S/C13H17N/c1-10-6-5-9-12(13(10)14)11-7-3-2-4-8-11/h2-8,10,12-13H,9,14H2,1H3. The molecule has 1 aromatic rings. The molecule has 0 spiro atoms. The minimum Gasteiger partial charge on any atom is -0.327 e. The van der Waals surface area contributed by atoms with Crippen LogP contribution in [0, 0.1) is 5.92 Å². The maximum atomic E-state index is 6.20. The molecule has 1 nitrogen and oxygen atoms in total. The van der Waals surface area contributed by atoms with Gasteiger partial charge in [-0.3, -0.25) is 0 Å². The van der Waals surface area contributed by atoms with Gasteiger partial charge in [-0.25, -0.2) is 0 Å². The van der Waals surface area contributed by atoms with Crippen LogP contribution in [0.2, 0.25) is 0 Å².